The fourth-order valence-corrected chi connectivity index (χ4v) is 1.76. The minimum atomic E-state index is -0.591. The lowest BCUT2D eigenvalue weighted by molar-refractivity contribution is -0.385. The summed E-state index contributed by atoms with van der Waals surface area (Å²) in [5, 5.41) is 29.5. The zero-order chi connectivity index (χ0) is 14.6. The van der Waals surface area contributed by atoms with Crippen molar-refractivity contribution in [3.05, 3.63) is 27.9 Å². The summed E-state index contributed by atoms with van der Waals surface area (Å²) in [5.74, 6) is 0.505. The van der Waals surface area contributed by atoms with Crippen molar-refractivity contribution in [2.75, 3.05) is 18.1 Å². The smallest absolute Gasteiger partial charge is 0.290 e. The van der Waals surface area contributed by atoms with Crippen LogP contribution in [0.2, 0.25) is 0 Å². The van der Waals surface area contributed by atoms with Gasteiger partial charge in [0.2, 0.25) is 0 Å². The van der Waals surface area contributed by atoms with E-state index in [0.717, 1.165) is 0 Å². The normalized spacial score (nSPS) is 13.9. The number of aliphatic hydroxyl groups is 2. The van der Waals surface area contributed by atoms with Gasteiger partial charge in [-0.05, 0) is 26.8 Å². The molecule has 0 aliphatic rings. The average molecular weight is 269 g/mol. The van der Waals surface area contributed by atoms with Crippen molar-refractivity contribution in [3.8, 4) is 0 Å². The second-order valence-electron chi connectivity index (χ2n) is 4.62. The van der Waals surface area contributed by atoms with E-state index in [4.69, 9.17) is 0 Å². The molecule has 0 aromatic carbocycles. The Balaban J connectivity index is 3.09. The minimum Gasteiger partial charge on any atom is -0.394 e. The number of aryl methyl sites for hydroxylation is 1. The van der Waals surface area contributed by atoms with Crippen LogP contribution in [0.3, 0.4) is 0 Å². The van der Waals surface area contributed by atoms with Gasteiger partial charge in [0.1, 0.15) is 12.0 Å². The number of hydrogen-bond acceptors (Lipinski definition) is 6. The summed E-state index contributed by atoms with van der Waals surface area (Å²) in [4.78, 5) is 16.0. The third-order valence-corrected chi connectivity index (χ3v) is 2.82. The zero-order valence-corrected chi connectivity index (χ0v) is 11.3. The SMILES string of the molecule is Cc1cc(N(C[C@@H](C)O)[C@H](C)CO)ncc1[N+](=O)[O-]. The van der Waals surface area contributed by atoms with Gasteiger partial charge in [0.05, 0.1) is 23.7 Å². The first-order valence-electron chi connectivity index (χ1n) is 6.03. The number of pyridine rings is 1. The number of aliphatic hydroxyl groups excluding tert-OH is 2. The number of nitrogens with zero attached hydrogens (tertiary/aromatic N) is 3. The quantitative estimate of drug-likeness (QED) is 0.587. The molecule has 7 nitrogen and oxygen atoms in total. The molecule has 1 aromatic rings. The van der Waals surface area contributed by atoms with Crippen molar-refractivity contribution in [2.45, 2.75) is 32.9 Å². The van der Waals surface area contributed by atoms with Gasteiger partial charge in [-0.2, -0.15) is 0 Å². The highest BCUT2D eigenvalue weighted by Crippen LogP contribution is 2.22. The molecule has 0 saturated heterocycles. The molecule has 1 aromatic heterocycles. The van der Waals surface area contributed by atoms with Gasteiger partial charge in [0.25, 0.3) is 5.69 Å². The number of anilines is 1. The van der Waals surface area contributed by atoms with Gasteiger partial charge in [-0.25, -0.2) is 4.98 Å². The standard InChI is InChI=1S/C12H19N3O4/c1-8-4-12(13-5-11(8)15(18)19)14(6-10(3)17)9(2)7-16/h4-5,9-10,16-17H,6-7H2,1-3H3/t9-,10-/m1/s1. The van der Waals surface area contributed by atoms with Gasteiger partial charge < -0.3 is 15.1 Å². The minimum absolute atomic E-state index is 0.0441. The highest BCUT2D eigenvalue weighted by molar-refractivity contribution is 5.49. The summed E-state index contributed by atoms with van der Waals surface area (Å²) in [6.45, 7) is 5.26. The van der Waals surface area contributed by atoms with Crippen LogP contribution in [-0.2, 0) is 0 Å². The van der Waals surface area contributed by atoms with Crippen molar-refractivity contribution in [1.82, 2.24) is 4.98 Å². The molecule has 2 N–H and O–H groups in total. The lowest BCUT2D eigenvalue weighted by atomic mass is 10.2. The fourth-order valence-electron chi connectivity index (χ4n) is 1.76. The predicted octanol–water partition coefficient (Wildman–Crippen LogP) is 0.866. The Morgan fingerprint density at radius 1 is 1.53 bits per heavy atom. The lowest BCUT2D eigenvalue weighted by Gasteiger charge is -2.30. The van der Waals surface area contributed by atoms with E-state index in [1.165, 1.54) is 6.20 Å². The second kappa shape index (κ2) is 6.44. The van der Waals surface area contributed by atoms with Gasteiger partial charge >= 0.3 is 0 Å². The maximum Gasteiger partial charge on any atom is 0.290 e. The molecule has 0 saturated carbocycles. The van der Waals surface area contributed by atoms with E-state index >= 15 is 0 Å². The lowest BCUT2D eigenvalue weighted by Crippen LogP contribution is -2.40. The molecule has 0 amide bonds. The highest BCUT2D eigenvalue weighted by Gasteiger charge is 2.20. The molecule has 1 heterocycles. The van der Waals surface area contributed by atoms with Gasteiger partial charge in [-0.1, -0.05) is 0 Å². The highest BCUT2D eigenvalue weighted by atomic mass is 16.6. The fraction of sp³-hybridized carbons (Fsp3) is 0.583. The van der Waals surface area contributed by atoms with Crippen LogP contribution in [0.1, 0.15) is 19.4 Å². The van der Waals surface area contributed by atoms with Crippen LogP contribution in [0, 0.1) is 17.0 Å². The molecule has 0 unspecified atom stereocenters. The first-order chi connectivity index (χ1) is 8.86. The van der Waals surface area contributed by atoms with Crippen LogP contribution in [0.5, 0.6) is 0 Å². The molecule has 106 valence electrons. The molecule has 0 fully saturated rings. The predicted molar refractivity (Wildman–Crippen MR) is 71.2 cm³/mol. The Kier molecular flexibility index (Phi) is 5.20. The summed E-state index contributed by atoms with van der Waals surface area (Å²) >= 11 is 0. The number of hydrogen-bond donors (Lipinski definition) is 2. The number of rotatable bonds is 6. The molecule has 0 radical (unpaired) electrons. The van der Waals surface area contributed by atoms with Gasteiger partial charge in [-0.15, -0.1) is 0 Å². The summed E-state index contributed by atoms with van der Waals surface area (Å²) < 4.78 is 0. The Hall–Kier alpha value is -1.73. The molecular formula is C12H19N3O4. The van der Waals surface area contributed by atoms with E-state index in [1.807, 2.05) is 0 Å². The summed E-state index contributed by atoms with van der Waals surface area (Å²) in [6.07, 6.45) is 0.607. The van der Waals surface area contributed by atoms with Crippen LogP contribution in [0.4, 0.5) is 11.5 Å². The van der Waals surface area contributed by atoms with Gasteiger partial charge in [0.15, 0.2) is 0 Å². The van der Waals surface area contributed by atoms with E-state index in [2.05, 4.69) is 4.98 Å². The molecular weight excluding hydrogens is 250 g/mol. The van der Waals surface area contributed by atoms with E-state index in [1.54, 1.807) is 31.7 Å². The Morgan fingerprint density at radius 2 is 2.16 bits per heavy atom. The third-order valence-electron chi connectivity index (χ3n) is 2.82. The van der Waals surface area contributed by atoms with Crippen LogP contribution in [0.15, 0.2) is 12.3 Å². The van der Waals surface area contributed by atoms with Crippen LogP contribution in [0.25, 0.3) is 0 Å². The van der Waals surface area contributed by atoms with Crippen LogP contribution >= 0.6 is 0 Å². The largest absolute Gasteiger partial charge is 0.394 e. The first kappa shape index (κ1) is 15.3. The van der Waals surface area contributed by atoms with Crippen LogP contribution in [-0.4, -0.2) is 45.4 Å². The zero-order valence-electron chi connectivity index (χ0n) is 11.3. The molecule has 0 aliphatic carbocycles. The molecule has 7 heteroatoms. The molecule has 0 bridgehead atoms. The Morgan fingerprint density at radius 3 is 2.58 bits per heavy atom. The molecule has 0 spiro atoms. The number of nitro groups is 1. The van der Waals surface area contributed by atoms with Gasteiger partial charge in [0, 0.05) is 12.1 Å². The van der Waals surface area contributed by atoms with E-state index in [0.29, 0.717) is 17.9 Å². The van der Waals surface area contributed by atoms with Crippen molar-refractivity contribution in [2.24, 2.45) is 0 Å². The summed E-state index contributed by atoms with van der Waals surface area (Å²) in [7, 11) is 0. The molecule has 1 rings (SSSR count). The maximum atomic E-state index is 10.7. The van der Waals surface area contributed by atoms with Crippen molar-refractivity contribution >= 4 is 11.5 Å². The maximum absolute atomic E-state index is 10.7. The molecule has 19 heavy (non-hydrogen) atoms. The Labute approximate surface area is 111 Å². The Bertz CT molecular complexity index is 451. The summed E-state index contributed by atoms with van der Waals surface area (Å²) in [6, 6.07) is 1.36. The topological polar surface area (TPSA) is 99.7 Å². The molecule has 2 atom stereocenters. The average Bonchev–Trinajstić information content (AvgIpc) is 2.34. The van der Waals surface area contributed by atoms with Crippen molar-refractivity contribution < 1.29 is 15.1 Å². The van der Waals surface area contributed by atoms with E-state index in [9.17, 15) is 20.3 Å². The van der Waals surface area contributed by atoms with Gasteiger partial charge in [-0.3, -0.25) is 10.1 Å². The second-order valence-corrected chi connectivity index (χ2v) is 4.62. The third kappa shape index (κ3) is 3.87. The summed E-state index contributed by atoms with van der Waals surface area (Å²) in [5.41, 5.74) is 0.452. The molecule has 0 aliphatic heterocycles. The van der Waals surface area contributed by atoms with E-state index in [-0.39, 0.29) is 18.3 Å². The van der Waals surface area contributed by atoms with Crippen molar-refractivity contribution in [3.63, 3.8) is 0 Å². The number of aromatic nitrogens is 1. The monoisotopic (exact) mass is 269 g/mol. The van der Waals surface area contributed by atoms with E-state index < -0.39 is 11.0 Å². The van der Waals surface area contributed by atoms with Crippen LogP contribution < -0.4 is 4.90 Å². The van der Waals surface area contributed by atoms with Crippen molar-refractivity contribution in [1.29, 1.82) is 0 Å². The first-order valence-corrected chi connectivity index (χ1v) is 6.03.